The molecule has 4 nitrogen and oxygen atoms in total. The number of hydrogen-bond donors (Lipinski definition) is 2. The van der Waals surface area contributed by atoms with Crippen molar-refractivity contribution >= 4 is 39.1 Å². The molecule has 0 saturated heterocycles. The van der Waals surface area contributed by atoms with Gasteiger partial charge in [0.15, 0.2) is 0 Å². The van der Waals surface area contributed by atoms with E-state index >= 15 is 0 Å². The van der Waals surface area contributed by atoms with Crippen LogP contribution in [0.4, 0.5) is 0 Å². The molecule has 1 amide bonds. The van der Waals surface area contributed by atoms with Gasteiger partial charge in [0.1, 0.15) is 0 Å². The molecular weight excluding hydrogens is 330 g/mol. The van der Waals surface area contributed by atoms with Gasteiger partial charge in [-0.1, -0.05) is 19.3 Å². The van der Waals surface area contributed by atoms with Crippen LogP contribution in [0.2, 0.25) is 0 Å². The van der Waals surface area contributed by atoms with Crippen molar-refractivity contribution < 1.29 is 14.7 Å². The van der Waals surface area contributed by atoms with Gasteiger partial charge in [0.2, 0.25) is 0 Å². The number of rotatable bonds is 3. The second-order valence-corrected chi connectivity index (χ2v) is 6.62. The van der Waals surface area contributed by atoms with Crippen molar-refractivity contribution in [3.8, 4) is 0 Å². The molecule has 1 saturated carbocycles. The van der Waals surface area contributed by atoms with Crippen LogP contribution in [0.15, 0.2) is 15.9 Å². The van der Waals surface area contributed by atoms with Crippen molar-refractivity contribution in [3.05, 3.63) is 20.8 Å². The van der Waals surface area contributed by atoms with Gasteiger partial charge in [0.05, 0.1) is 10.8 Å². The minimum atomic E-state index is -0.806. The highest BCUT2D eigenvalue weighted by Gasteiger charge is 2.30. The summed E-state index contributed by atoms with van der Waals surface area (Å²) in [6.07, 6.45) is 4.33. The normalized spacial score (nSPS) is 23.6. The first-order valence-corrected chi connectivity index (χ1v) is 8.03. The third-order valence-electron chi connectivity index (χ3n) is 3.44. The van der Waals surface area contributed by atoms with E-state index in [1.165, 1.54) is 11.3 Å². The van der Waals surface area contributed by atoms with Gasteiger partial charge in [-0.25, -0.2) is 0 Å². The molecule has 2 rings (SSSR count). The summed E-state index contributed by atoms with van der Waals surface area (Å²) in [5.41, 5.74) is 0. The lowest BCUT2D eigenvalue weighted by atomic mass is 9.95. The molecule has 19 heavy (non-hydrogen) atoms. The highest BCUT2D eigenvalue weighted by molar-refractivity contribution is 9.10. The minimum absolute atomic E-state index is 0.172. The molecule has 0 spiro atoms. The number of thiophene rings is 1. The molecule has 0 aliphatic heterocycles. The molecule has 1 aliphatic carbocycles. The van der Waals surface area contributed by atoms with Gasteiger partial charge in [-0.15, -0.1) is 11.3 Å². The van der Waals surface area contributed by atoms with Gasteiger partial charge in [-0.2, -0.15) is 0 Å². The molecule has 0 radical (unpaired) electrons. The number of hydrogen-bond acceptors (Lipinski definition) is 3. The minimum Gasteiger partial charge on any atom is -0.481 e. The molecule has 1 aromatic heterocycles. The van der Waals surface area contributed by atoms with Crippen LogP contribution in [0.5, 0.6) is 0 Å². The van der Waals surface area contributed by atoms with Gasteiger partial charge < -0.3 is 10.4 Å². The largest absolute Gasteiger partial charge is 0.481 e. The van der Waals surface area contributed by atoms with Gasteiger partial charge in [-0.05, 0) is 34.8 Å². The van der Waals surface area contributed by atoms with Crippen molar-refractivity contribution in [1.82, 2.24) is 5.32 Å². The van der Waals surface area contributed by atoms with Crippen molar-refractivity contribution in [2.75, 3.05) is 0 Å². The Labute approximate surface area is 124 Å². The molecular formula is C13H16BrNO3S. The molecule has 2 N–H and O–H groups in total. The fraction of sp³-hybridized carbons (Fsp3) is 0.538. The predicted molar refractivity (Wildman–Crippen MR) is 77.5 cm³/mol. The van der Waals surface area contributed by atoms with Gasteiger partial charge in [-0.3, -0.25) is 9.59 Å². The molecule has 0 aromatic carbocycles. The van der Waals surface area contributed by atoms with Crippen LogP contribution in [0.3, 0.4) is 0 Å². The van der Waals surface area contributed by atoms with Gasteiger partial charge in [0, 0.05) is 15.9 Å². The second kappa shape index (κ2) is 6.52. The van der Waals surface area contributed by atoms with E-state index in [2.05, 4.69) is 21.2 Å². The molecule has 0 bridgehead atoms. The zero-order chi connectivity index (χ0) is 13.8. The third-order valence-corrected chi connectivity index (χ3v) is 5.13. The van der Waals surface area contributed by atoms with Gasteiger partial charge >= 0.3 is 5.97 Å². The molecule has 6 heteroatoms. The summed E-state index contributed by atoms with van der Waals surface area (Å²) in [6.45, 7) is 0. The molecule has 1 heterocycles. The summed E-state index contributed by atoms with van der Waals surface area (Å²) >= 11 is 4.66. The maximum absolute atomic E-state index is 12.1. The number of carbonyl (C=O) groups excluding carboxylic acids is 1. The Morgan fingerprint density at radius 3 is 2.68 bits per heavy atom. The summed E-state index contributed by atoms with van der Waals surface area (Å²) in [5.74, 6) is -1.44. The lowest BCUT2D eigenvalue weighted by molar-refractivity contribution is -0.142. The van der Waals surface area contributed by atoms with Crippen molar-refractivity contribution in [2.24, 2.45) is 5.92 Å². The molecule has 2 atom stereocenters. The van der Waals surface area contributed by atoms with E-state index in [4.69, 9.17) is 0 Å². The molecule has 1 fully saturated rings. The Hall–Kier alpha value is -0.880. The Morgan fingerprint density at radius 1 is 1.32 bits per heavy atom. The monoisotopic (exact) mass is 345 g/mol. The Bertz CT molecular complexity index is 474. The van der Waals surface area contributed by atoms with Crippen LogP contribution in [0.1, 0.15) is 41.8 Å². The zero-order valence-electron chi connectivity index (χ0n) is 10.4. The van der Waals surface area contributed by atoms with Crippen LogP contribution < -0.4 is 5.32 Å². The smallest absolute Gasteiger partial charge is 0.308 e. The van der Waals surface area contributed by atoms with Crippen LogP contribution in [0.25, 0.3) is 0 Å². The molecule has 1 aromatic rings. The van der Waals surface area contributed by atoms with Crippen molar-refractivity contribution in [3.63, 3.8) is 0 Å². The number of halogens is 1. The second-order valence-electron chi connectivity index (χ2n) is 4.79. The predicted octanol–water partition coefficient (Wildman–Crippen LogP) is 3.27. The quantitative estimate of drug-likeness (QED) is 0.826. The standard InChI is InChI=1S/C13H16BrNO3S/c14-8-6-11(19-7-8)12(16)15-10-5-3-1-2-4-9(10)13(17)18/h6-7,9-10H,1-5H2,(H,15,16)(H,17,18)/t9-,10+/m1/s1. The van der Waals surface area contributed by atoms with Crippen LogP contribution in [-0.2, 0) is 4.79 Å². The van der Waals surface area contributed by atoms with E-state index in [1.807, 2.05) is 5.38 Å². The SMILES string of the molecule is O=C(N[C@H]1CCCCC[C@H]1C(=O)O)c1cc(Br)cs1. The molecule has 104 valence electrons. The lowest BCUT2D eigenvalue weighted by Gasteiger charge is -2.22. The Balaban J connectivity index is 2.06. The lowest BCUT2D eigenvalue weighted by Crippen LogP contribution is -2.42. The van der Waals surface area contributed by atoms with Crippen molar-refractivity contribution in [1.29, 1.82) is 0 Å². The Kier molecular flexibility index (Phi) is 4.99. The van der Waals surface area contributed by atoms with E-state index in [9.17, 15) is 14.7 Å². The van der Waals surface area contributed by atoms with Crippen LogP contribution in [-0.4, -0.2) is 23.0 Å². The molecule has 1 aliphatic rings. The van der Waals surface area contributed by atoms with E-state index in [-0.39, 0.29) is 11.9 Å². The number of nitrogens with one attached hydrogen (secondary N) is 1. The number of aliphatic carboxylic acids is 1. The highest BCUT2D eigenvalue weighted by atomic mass is 79.9. The summed E-state index contributed by atoms with van der Waals surface area (Å²) < 4.78 is 0.873. The first kappa shape index (κ1) is 14.5. The third kappa shape index (κ3) is 3.79. The fourth-order valence-electron chi connectivity index (χ4n) is 2.45. The Morgan fingerprint density at radius 2 is 2.05 bits per heavy atom. The maximum atomic E-state index is 12.1. The van der Waals surface area contributed by atoms with Crippen LogP contribution >= 0.6 is 27.3 Å². The topological polar surface area (TPSA) is 66.4 Å². The fourth-order valence-corrected chi connectivity index (χ4v) is 3.78. The first-order chi connectivity index (χ1) is 9.08. The van der Waals surface area contributed by atoms with E-state index in [0.717, 1.165) is 30.2 Å². The zero-order valence-corrected chi connectivity index (χ0v) is 12.8. The highest BCUT2D eigenvalue weighted by Crippen LogP contribution is 2.25. The number of carboxylic acid groups (broad SMARTS) is 1. The average Bonchev–Trinajstić information content (AvgIpc) is 2.65. The maximum Gasteiger partial charge on any atom is 0.308 e. The van der Waals surface area contributed by atoms with Gasteiger partial charge in [0.25, 0.3) is 5.91 Å². The first-order valence-electron chi connectivity index (χ1n) is 6.35. The summed E-state index contributed by atoms with van der Waals surface area (Å²) in [7, 11) is 0. The number of carboxylic acids is 1. The number of amides is 1. The van der Waals surface area contributed by atoms with E-state index in [1.54, 1.807) is 6.07 Å². The van der Waals surface area contributed by atoms with E-state index < -0.39 is 11.9 Å². The average molecular weight is 346 g/mol. The summed E-state index contributed by atoms with van der Waals surface area (Å²) in [5, 5.41) is 14.0. The summed E-state index contributed by atoms with van der Waals surface area (Å²) in [6, 6.07) is 1.50. The number of carbonyl (C=O) groups is 2. The van der Waals surface area contributed by atoms with E-state index in [0.29, 0.717) is 11.3 Å². The van der Waals surface area contributed by atoms with Crippen LogP contribution in [0, 0.1) is 5.92 Å². The molecule has 0 unspecified atom stereocenters. The van der Waals surface area contributed by atoms with Crippen molar-refractivity contribution in [2.45, 2.75) is 38.1 Å². The summed E-state index contributed by atoms with van der Waals surface area (Å²) in [4.78, 5) is 24.0.